The van der Waals surface area contributed by atoms with Gasteiger partial charge in [0.2, 0.25) is 10.0 Å². The van der Waals surface area contributed by atoms with Gasteiger partial charge in [-0.3, -0.25) is 4.79 Å². The molecule has 0 radical (unpaired) electrons. The molecule has 5 fully saturated rings. The summed E-state index contributed by atoms with van der Waals surface area (Å²) >= 11 is 0. The molecule has 0 N–H and O–H groups in total. The number of carbonyl (C=O) groups excluding carboxylic acids is 1. The lowest BCUT2D eigenvalue weighted by Gasteiger charge is -2.41. The number of fused-ring (bicyclic) bond motifs is 6. The van der Waals surface area contributed by atoms with Crippen LogP contribution in [-0.4, -0.2) is 30.4 Å². The Kier molecular flexibility index (Phi) is 2.55. The maximum Gasteiger partial charge on any atom is 0.263 e. The van der Waals surface area contributed by atoms with Crippen molar-refractivity contribution in [3.05, 3.63) is 11.6 Å². The van der Waals surface area contributed by atoms with Gasteiger partial charge in [0.1, 0.15) is 0 Å². The van der Waals surface area contributed by atoms with Gasteiger partial charge in [-0.2, -0.15) is 0 Å². The Morgan fingerprint density at radius 2 is 1.92 bits per heavy atom. The van der Waals surface area contributed by atoms with Crippen molar-refractivity contribution in [1.82, 2.24) is 4.31 Å². The molecule has 5 heteroatoms. The summed E-state index contributed by atoms with van der Waals surface area (Å²) in [6.07, 6.45) is 8.88. The van der Waals surface area contributed by atoms with Gasteiger partial charge in [0.05, 0.1) is 11.8 Å². The number of rotatable bonds is 1. The molecular weight excluding hydrogens is 334 g/mol. The van der Waals surface area contributed by atoms with Gasteiger partial charge in [-0.25, -0.2) is 12.7 Å². The standard InChI is InChI=1S/C20H27NO3S/c1-19(2)13-5-6-20(19)10-25(23,24)21(16(20)8-13)18(22)15-9-14-11-3-4-12(7-11)17(14)15/h9,11-14,16-17H,3-8,10H2,1-2H3. The summed E-state index contributed by atoms with van der Waals surface area (Å²) in [5.74, 6) is 2.92. The molecule has 6 rings (SSSR count). The van der Waals surface area contributed by atoms with E-state index in [1.807, 2.05) is 0 Å². The maximum atomic E-state index is 13.4. The molecule has 136 valence electrons. The highest BCUT2D eigenvalue weighted by atomic mass is 32.2. The molecule has 0 aromatic carbocycles. The van der Waals surface area contributed by atoms with Gasteiger partial charge in [-0.1, -0.05) is 19.9 Å². The Hall–Kier alpha value is -0.840. The number of hydrogen-bond acceptors (Lipinski definition) is 3. The minimum atomic E-state index is -3.48. The second-order valence-corrected chi connectivity index (χ2v) is 12.1. The van der Waals surface area contributed by atoms with Crippen molar-refractivity contribution in [2.24, 2.45) is 40.4 Å². The lowest BCUT2D eigenvalue weighted by molar-refractivity contribution is -0.126. The van der Waals surface area contributed by atoms with E-state index < -0.39 is 10.0 Å². The molecule has 4 nitrogen and oxygen atoms in total. The SMILES string of the molecule is CC1(C)C2CCC13CS(=O)(=O)N(C(=O)C1=CC4C5CCC(C5)C14)C3C2. The first kappa shape index (κ1) is 15.2. The van der Waals surface area contributed by atoms with Crippen LogP contribution in [0.1, 0.15) is 52.4 Å². The largest absolute Gasteiger partial charge is 0.268 e. The average Bonchev–Trinajstić information content (AvgIpc) is 3.19. The average molecular weight is 362 g/mol. The monoisotopic (exact) mass is 361 g/mol. The molecule has 0 aromatic heterocycles. The van der Waals surface area contributed by atoms with Gasteiger partial charge in [-0.05, 0) is 73.5 Å². The molecule has 5 aliphatic carbocycles. The molecule has 1 amide bonds. The fourth-order valence-electron chi connectivity index (χ4n) is 8.13. The van der Waals surface area contributed by atoms with Crippen molar-refractivity contribution in [2.45, 2.75) is 58.4 Å². The van der Waals surface area contributed by atoms with Crippen LogP contribution in [0.5, 0.6) is 0 Å². The summed E-state index contributed by atoms with van der Waals surface area (Å²) in [4.78, 5) is 13.4. The smallest absolute Gasteiger partial charge is 0.263 e. The Bertz CT molecular complexity index is 828. The highest BCUT2D eigenvalue weighted by Crippen LogP contribution is 2.70. The van der Waals surface area contributed by atoms with E-state index in [0.717, 1.165) is 30.8 Å². The van der Waals surface area contributed by atoms with Gasteiger partial charge in [0.15, 0.2) is 0 Å². The van der Waals surface area contributed by atoms with Gasteiger partial charge in [0.25, 0.3) is 5.91 Å². The Morgan fingerprint density at radius 1 is 1.16 bits per heavy atom. The van der Waals surface area contributed by atoms with Crippen molar-refractivity contribution in [2.75, 3.05) is 5.75 Å². The molecule has 4 bridgehead atoms. The lowest BCUT2D eigenvalue weighted by Crippen LogP contribution is -2.47. The predicted octanol–water partition coefficient (Wildman–Crippen LogP) is 2.96. The van der Waals surface area contributed by atoms with Crippen LogP contribution in [-0.2, 0) is 14.8 Å². The number of sulfonamides is 1. The number of carbonyl (C=O) groups is 1. The van der Waals surface area contributed by atoms with Gasteiger partial charge >= 0.3 is 0 Å². The van der Waals surface area contributed by atoms with E-state index in [0.29, 0.717) is 23.7 Å². The summed E-state index contributed by atoms with van der Waals surface area (Å²) in [7, 11) is -3.48. The zero-order chi connectivity index (χ0) is 17.4. The predicted molar refractivity (Wildman–Crippen MR) is 93.9 cm³/mol. The molecule has 7 atom stereocenters. The quantitative estimate of drug-likeness (QED) is 0.721. The second-order valence-electron chi connectivity index (χ2n) is 10.3. The third-order valence-corrected chi connectivity index (χ3v) is 11.5. The zero-order valence-electron chi connectivity index (χ0n) is 15.1. The van der Waals surface area contributed by atoms with E-state index in [9.17, 15) is 13.2 Å². The van der Waals surface area contributed by atoms with Crippen LogP contribution in [0, 0.1) is 40.4 Å². The Morgan fingerprint density at radius 3 is 2.64 bits per heavy atom. The number of allylic oxidation sites excluding steroid dienone is 1. The van der Waals surface area contributed by atoms with E-state index in [1.165, 1.54) is 23.6 Å². The molecular formula is C20H27NO3S. The molecule has 1 aliphatic heterocycles. The van der Waals surface area contributed by atoms with Crippen molar-refractivity contribution in [3.63, 3.8) is 0 Å². The van der Waals surface area contributed by atoms with E-state index in [4.69, 9.17) is 0 Å². The fraction of sp³-hybridized carbons (Fsp3) is 0.850. The highest BCUT2D eigenvalue weighted by Gasteiger charge is 2.72. The first-order valence-corrected chi connectivity index (χ1v) is 11.7. The van der Waals surface area contributed by atoms with Crippen LogP contribution in [0.2, 0.25) is 0 Å². The topological polar surface area (TPSA) is 54.5 Å². The second kappa shape index (κ2) is 4.18. The van der Waals surface area contributed by atoms with E-state index in [-0.39, 0.29) is 28.5 Å². The van der Waals surface area contributed by atoms with Gasteiger partial charge in [-0.15, -0.1) is 0 Å². The fourth-order valence-corrected chi connectivity index (χ4v) is 10.7. The highest BCUT2D eigenvalue weighted by molar-refractivity contribution is 7.90. The maximum absolute atomic E-state index is 13.4. The molecule has 4 saturated carbocycles. The number of amides is 1. The third-order valence-electron chi connectivity index (χ3n) is 9.57. The van der Waals surface area contributed by atoms with E-state index in [1.54, 1.807) is 0 Å². The molecule has 7 unspecified atom stereocenters. The lowest BCUT2D eigenvalue weighted by atomic mass is 9.66. The minimum Gasteiger partial charge on any atom is -0.268 e. The Labute approximate surface area is 150 Å². The van der Waals surface area contributed by atoms with Crippen LogP contribution in [0.3, 0.4) is 0 Å². The molecule has 0 aromatic rings. The Balaban J connectivity index is 1.38. The van der Waals surface area contributed by atoms with Crippen LogP contribution >= 0.6 is 0 Å². The van der Waals surface area contributed by atoms with E-state index in [2.05, 4.69) is 19.9 Å². The molecule has 1 spiro atoms. The van der Waals surface area contributed by atoms with Crippen LogP contribution in [0.4, 0.5) is 0 Å². The minimum absolute atomic E-state index is 0.0305. The third kappa shape index (κ3) is 1.50. The number of nitrogens with zero attached hydrogens (tertiary/aromatic N) is 1. The first-order valence-electron chi connectivity index (χ1n) is 10.0. The number of hydrogen-bond donors (Lipinski definition) is 0. The van der Waals surface area contributed by atoms with Crippen LogP contribution < -0.4 is 0 Å². The van der Waals surface area contributed by atoms with Crippen molar-refractivity contribution in [1.29, 1.82) is 0 Å². The summed E-state index contributed by atoms with van der Waals surface area (Å²) in [5, 5.41) is 0. The van der Waals surface area contributed by atoms with Gasteiger partial charge in [0, 0.05) is 11.0 Å². The summed E-state index contributed by atoms with van der Waals surface area (Å²) in [5.41, 5.74) is 0.672. The van der Waals surface area contributed by atoms with Gasteiger partial charge < -0.3 is 0 Å². The van der Waals surface area contributed by atoms with Crippen molar-refractivity contribution < 1.29 is 13.2 Å². The van der Waals surface area contributed by atoms with Crippen molar-refractivity contribution in [3.8, 4) is 0 Å². The summed E-state index contributed by atoms with van der Waals surface area (Å²) in [6.45, 7) is 4.48. The summed E-state index contributed by atoms with van der Waals surface area (Å²) < 4.78 is 27.5. The first-order chi connectivity index (χ1) is 11.8. The molecule has 6 aliphatic rings. The van der Waals surface area contributed by atoms with Crippen LogP contribution in [0.25, 0.3) is 0 Å². The van der Waals surface area contributed by atoms with Crippen molar-refractivity contribution >= 4 is 15.9 Å². The molecule has 1 heterocycles. The van der Waals surface area contributed by atoms with Crippen LogP contribution in [0.15, 0.2) is 11.6 Å². The van der Waals surface area contributed by atoms with E-state index >= 15 is 0 Å². The molecule has 1 saturated heterocycles. The summed E-state index contributed by atoms with van der Waals surface area (Å²) in [6, 6.07) is -0.0858. The molecule has 25 heavy (non-hydrogen) atoms. The zero-order valence-corrected chi connectivity index (χ0v) is 15.9. The normalized spacial score (nSPS) is 52.7.